The van der Waals surface area contributed by atoms with Crippen molar-refractivity contribution in [1.29, 1.82) is 0 Å². The second kappa shape index (κ2) is 5.34. The lowest BCUT2D eigenvalue weighted by Crippen LogP contribution is -2.53. The van der Waals surface area contributed by atoms with Gasteiger partial charge in [0.05, 0.1) is 5.54 Å². The number of carbonyl (C=O) groups excluding carboxylic acids is 1. The molecule has 1 amide bonds. The Balaban J connectivity index is 1.47. The maximum Gasteiger partial charge on any atom is 0.224 e. The quantitative estimate of drug-likeness (QED) is 0.891. The summed E-state index contributed by atoms with van der Waals surface area (Å²) in [5, 5.41) is 5.74. The normalized spacial score (nSPS) is 25.8. The van der Waals surface area contributed by atoms with Gasteiger partial charge in [-0.05, 0) is 54.4 Å². The Kier molecular flexibility index (Phi) is 3.42. The molecule has 120 valence electrons. The minimum atomic E-state index is -0.215. The molecule has 23 heavy (non-hydrogen) atoms. The minimum absolute atomic E-state index is 0.112. The van der Waals surface area contributed by atoms with Crippen LogP contribution < -0.4 is 11.1 Å². The number of nitrogens with one attached hydrogen (secondary N) is 1. The van der Waals surface area contributed by atoms with Gasteiger partial charge in [-0.3, -0.25) is 4.79 Å². The van der Waals surface area contributed by atoms with Gasteiger partial charge in [-0.2, -0.15) is 0 Å². The van der Waals surface area contributed by atoms with Crippen LogP contribution in [0.2, 0.25) is 0 Å². The molecule has 0 bridgehead atoms. The summed E-state index contributed by atoms with van der Waals surface area (Å²) in [5.41, 5.74) is 6.98. The Bertz CT molecular complexity index is 752. The molecule has 0 heterocycles. The maximum atomic E-state index is 12.6. The highest BCUT2D eigenvalue weighted by Crippen LogP contribution is 2.49. The van der Waals surface area contributed by atoms with Crippen LogP contribution in [0, 0.1) is 11.8 Å². The van der Waals surface area contributed by atoms with Gasteiger partial charge in [0.15, 0.2) is 0 Å². The lowest BCUT2D eigenvalue weighted by molar-refractivity contribution is -0.124. The third kappa shape index (κ3) is 2.74. The van der Waals surface area contributed by atoms with E-state index in [2.05, 4.69) is 54.7 Å². The fourth-order valence-electron chi connectivity index (χ4n) is 3.71. The number of hydrogen-bond acceptors (Lipinski definition) is 2. The monoisotopic (exact) mass is 308 g/mol. The molecule has 3 N–H and O–H groups in total. The van der Waals surface area contributed by atoms with E-state index < -0.39 is 0 Å². The molecule has 2 aromatic rings. The summed E-state index contributed by atoms with van der Waals surface area (Å²) in [4.78, 5) is 12.6. The van der Waals surface area contributed by atoms with Crippen LogP contribution in [0.3, 0.4) is 0 Å². The number of rotatable bonds is 5. The highest BCUT2D eigenvalue weighted by atomic mass is 16.2. The molecule has 3 nitrogen and oxygen atoms in total. The Morgan fingerprint density at radius 3 is 2.65 bits per heavy atom. The van der Waals surface area contributed by atoms with Crippen molar-refractivity contribution in [2.75, 3.05) is 6.54 Å². The number of nitrogens with two attached hydrogens (primary N) is 1. The van der Waals surface area contributed by atoms with Crippen molar-refractivity contribution in [2.45, 2.75) is 37.6 Å². The summed E-state index contributed by atoms with van der Waals surface area (Å²) in [6.45, 7) is 2.62. The van der Waals surface area contributed by atoms with Gasteiger partial charge in [0.2, 0.25) is 5.91 Å². The van der Waals surface area contributed by atoms with Crippen molar-refractivity contribution in [2.24, 2.45) is 17.6 Å². The third-order valence-corrected chi connectivity index (χ3v) is 5.64. The highest BCUT2D eigenvalue weighted by Gasteiger charge is 2.48. The average Bonchev–Trinajstić information content (AvgIpc) is 3.46. The minimum Gasteiger partial charge on any atom is -0.349 e. The van der Waals surface area contributed by atoms with E-state index in [1.54, 1.807) is 0 Å². The second-order valence-electron chi connectivity index (χ2n) is 7.44. The van der Waals surface area contributed by atoms with Crippen LogP contribution in [0.25, 0.3) is 10.8 Å². The summed E-state index contributed by atoms with van der Waals surface area (Å²) in [7, 11) is 0. The van der Waals surface area contributed by atoms with Gasteiger partial charge >= 0.3 is 0 Å². The van der Waals surface area contributed by atoms with Gasteiger partial charge in [0, 0.05) is 12.5 Å². The molecule has 2 aromatic carbocycles. The van der Waals surface area contributed by atoms with Crippen molar-refractivity contribution in [3.05, 3.63) is 48.0 Å². The lowest BCUT2D eigenvalue weighted by atomic mass is 9.95. The zero-order chi connectivity index (χ0) is 16.0. The first kappa shape index (κ1) is 14.7. The van der Waals surface area contributed by atoms with Crippen LogP contribution in [-0.2, 0) is 4.79 Å². The molecule has 0 aliphatic heterocycles. The van der Waals surface area contributed by atoms with Crippen molar-refractivity contribution in [3.63, 3.8) is 0 Å². The molecular formula is C20H24N2O. The molecule has 0 saturated heterocycles. The Labute approximate surface area is 137 Å². The van der Waals surface area contributed by atoms with Crippen molar-refractivity contribution in [1.82, 2.24) is 5.32 Å². The molecular weight excluding hydrogens is 284 g/mol. The molecule has 2 aliphatic rings. The number of carbonyl (C=O) groups is 1. The van der Waals surface area contributed by atoms with E-state index in [0.29, 0.717) is 18.4 Å². The molecule has 2 fully saturated rings. The number of hydrogen-bond donors (Lipinski definition) is 2. The van der Waals surface area contributed by atoms with Gasteiger partial charge in [-0.25, -0.2) is 0 Å². The fraction of sp³-hybridized carbons (Fsp3) is 0.450. The van der Waals surface area contributed by atoms with E-state index in [1.165, 1.54) is 29.2 Å². The predicted molar refractivity (Wildman–Crippen MR) is 93.1 cm³/mol. The Morgan fingerprint density at radius 1 is 1.22 bits per heavy atom. The van der Waals surface area contributed by atoms with E-state index in [-0.39, 0.29) is 17.4 Å². The van der Waals surface area contributed by atoms with Gasteiger partial charge in [-0.1, -0.05) is 42.5 Å². The molecule has 3 heteroatoms. The van der Waals surface area contributed by atoms with Crippen LogP contribution >= 0.6 is 0 Å². The maximum absolute atomic E-state index is 12.6. The summed E-state index contributed by atoms with van der Waals surface area (Å²) in [6, 6.07) is 14.9. The van der Waals surface area contributed by atoms with Gasteiger partial charge in [0.25, 0.3) is 0 Å². The standard InChI is InChI=1S/C20H24N2O/c1-20(12-21,16-8-9-16)22-19(23)18-11-17(18)15-7-6-13-4-2-3-5-14(13)10-15/h2-7,10,16-18H,8-9,11-12,21H2,1H3,(H,22,23). The SMILES string of the molecule is CC(CN)(NC(=O)C1CC1c1ccc2ccccc2c1)C1CC1. The van der Waals surface area contributed by atoms with Gasteiger partial charge in [-0.15, -0.1) is 0 Å². The van der Waals surface area contributed by atoms with Crippen LogP contribution in [0.15, 0.2) is 42.5 Å². The highest BCUT2D eigenvalue weighted by molar-refractivity contribution is 5.86. The summed E-state index contributed by atoms with van der Waals surface area (Å²) in [5.74, 6) is 1.22. The van der Waals surface area contributed by atoms with Crippen LogP contribution in [0.4, 0.5) is 0 Å². The molecule has 3 unspecified atom stereocenters. The Hall–Kier alpha value is -1.87. The van der Waals surface area contributed by atoms with Crippen LogP contribution in [0.5, 0.6) is 0 Å². The zero-order valence-electron chi connectivity index (χ0n) is 13.6. The topological polar surface area (TPSA) is 55.1 Å². The molecule has 2 aliphatic carbocycles. The first-order chi connectivity index (χ1) is 11.1. The zero-order valence-corrected chi connectivity index (χ0v) is 13.6. The van der Waals surface area contributed by atoms with E-state index in [4.69, 9.17) is 5.73 Å². The molecule has 3 atom stereocenters. The molecule has 0 radical (unpaired) electrons. The lowest BCUT2D eigenvalue weighted by Gasteiger charge is -2.29. The van der Waals surface area contributed by atoms with E-state index in [1.807, 2.05) is 0 Å². The van der Waals surface area contributed by atoms with E-state index >= 15 is 0 Å². The van der Waals surface area contributed by atoms with Gasteiger partial charge in [0.1, 0.15) is 0 Å². The van der Waals surface area contributed by atoms with Crippen molar-refractivity contribution < 1.29 is 4.79 Å². The molecule has 4 rings (SSSR count). The second-order valence-corrected chi connectivity index (χ2v) is 7.44. The van der Waals surface area contributed by atoms with E-state index in [9.17, 15) is 4.79 Å². The van der Waals surface area contributed by atoms with Crippen LogP contribution in [-0.4, -0.2) is 18.0 Å². The number of benzene rings is 2. The smallest absolute Gasteiger partial charge is 0.224 e. The predicted octanol–water partition coefficient (Wildman–Crippen LogP) is 3.19. The average molecular weight is 308 g/mol. The fourth-order valence-corrected chi connectivity index (χ4v) is 3.71. The van der Waals surface area contributed by atoms with Gasteiger partial charge < -0.3 is 11.1 Å². The summed E-state index contributed by atoms with van der Waals surface area (Å²) < 4.78 is 0. The van der Waals surface area contributed by atoms with Crippen molar-refractivity contribution >= 4 is 16.7 Å². The number of fused-ring (bicyclic) bond motifs is 1. The first-order valence-electron chi connectivity index (χ1n) is 8.61. The number of amides is 1. The molecule has 2 saturated carbocycles. The summed E-state index contributed by atoms with van der Waals surface area (Å²) >= 11 is 0. The molecule has 0 aromatic heterocycles. The summed E-state index contributed by atoms with van der Waals surface area (Å²) in [6.07, 6.45) is 3.33. The molecule has 0 spiro atoms. The Morgan fingerprint density at radius 2 is 1.96 bits per heavy atom. The van der Waals surface area contributed by atoms with Crippen molar-refractivity contribution in [3.8, 4) is 0 Å². The first-order valence-corrected chi connectivity index (χ1v) is 8.61. The van der Waals surface area contributed by atoms with E-state index in [0.717, 1.165) is 6.42 Å². The third-order valence-electron chi connectivity index (χ3n) is 5.64. The van der Waals surface area contributed by atoms with Crippen LogP contribution in [0.1, 0.15) is 37.7 Å². The largest absolute Gasteiger partial charge is 0.349 e.